The van der Waals surface area contributed by atoms with Gasteiger partial charge in [-0.1, -0.05) is 16.5 Å². The van der Waals surface area contributed by atoms with Gasteiger partial charge in [-0.3, -0.25) is 19.3 Å². The molecule has 0 aliphatic carbocycles. The number of aromatic nitrogens is 4. The highest BCUT2D eigenvalue weighted by molar-refractivity contribution is 8.00. The summed E-state index contributed by atoms with van der Waals surface area (Å²) in [4.78, 5) is 59.9. The Labute approximate surface area is 236 Å². The van der Waals surface area contributed by atoms with E-state index < -0.39 is 41.5 Å². The molecule has 0 saturated carbocycles. The van der Waals surface area contributed by atoms with Gasteiger partial charge in [0.15, 0.2) is 5.13 Å². The summed E-state index contributed by atoms with van der Waals surface area (Å²) in [5, 5.41) is 30.9. The van der Waals surface area contributed by atoms with Crippen LogP contribution in [0.25, 0.3) is 4.83 Å². The molecule has 2 atom stereocenters. The molecular formula is C21H18N10O6S3. The third-order valence-electron chi connectivity index (χ3n) is 5.90. The summed E-state index contributed by atoms with van der Waals surface area (Å²) in [6.07, 6.45) is 4.24. The number of nitriles is 1. The standard InChI is InChI=1S/C21H18N10O6S3/c22-1-3-37-27-13(16-26-21(23)40-28-16)17(33)25-14-18(34)31-15(20(35)36)10(8-39-19(14)31)6-29-7-12-30(2-4-38-12)11(29)5-24-9-32/h2,4,7,9,14,19H,3,5-6,8H2,(H4-,23,24,25,26,28,32,33,35,36)/b27-13-/t14-,19-/m1/s1. The van der Waals surface area contributed by atoms with Gasteiger partial charge in [0, 0.05) is 28.2 Å². The molecule has 206 valence electrons. The van der Waals surface area contributed by atoms with Gasteiger partial charge in [-0.2, -0.15) is 19.0 Å². The van der Waals surface area contributed by atoms with Crippen LogP contribution in [0, 0.1) is 11.3 Å². The quantitative estimate of drug-likeness (QED) is 0.0512. The molecule has 3 aromatic rings. The molecule has 4 N–H and O–H groups in total. The normalized spacial score (nSPS) is 18.6. The number of fused-ring (bicyclic) bond motifs is 2. The van der Waals surface area contributed by atoms with Gasteiger partial charge in [-0.15, -0.1) is 11.8 Å². The molecule has 0 unspecified atom stereocenters. The van der Waals surface area contributed by atoms with Crippen LogP contribution in [0.3, 0.4) is 0 Å². The van der Waals surface area contributed by atoms with Crippen LogP contribution in [0.1, 0.15) is 11.6 Å². The van der Waals surface area contributed by atoms with Crippen molar-refractivity contribution in [3.8, 4) is 6.07 Å². The number of imidazole rings is 1. The van der Waals surface area contributed by atoms with Gasteiger partial charge in [-0.05, 0) is 0 Å². The lowest BCUT2D eigenvalue weighted by molar-refractivity contribution is -0.695. The smallest absolute Gasteiger partial charge is 0.282 e. The number of carbonyl (C=O) groups is 4. The van der Waals surface area contributed by atoms with E-state index in [1.54, 1.807) is 6.07 Å². The van der Waals surface area contributed by atoms with Crippen LogP contribution in [0.2, 0.25) is 0 Å². The minimum absolute atomic E-state index is 0.0619. The van der Waals surface area contributed by atoms with Crippen LogP contribution in [0.4, 0.5) is 5.13 Å². The van der Waals surface area contributed by atoms with Gasteiger partial charge >= 0.3 is 0 Å². The van der Waals surface area contributed by atoms with Crippen molar-refractivity contribution < 1.29 is 33.7 Å². The van der Waals surface area contributed by atoms with Crippen LogP contribution in [-0.2, 0) is 37.1 Å². The molecule has 3 aromatic heterocycles. The maximum atomic E-state index is 13.1. The van der Waals surface area contributed by atoms with E-state index in [1.165, 1.54) is 23.1 Å². The van der Waals surface area contributed by atoms with Crippen molar-refractivity contribution in [3.63, 3.8) is 0 Å². The van der Waals surface area contributed by atoms with Crippen molar-refractivity contribution in [2.75, 3.05) is 18.1 Å². The molecule has 0 spiro atoms. The lowest BCUT2D eigenvalue weighted by Gasteiger charge is -2.50. The third kappa shape index (κ3) is 4.94. The number of carboxylic acid groups (broad SMARTS) is 1. The maximum absolute atomic E-state index is 13.1. The number of anilines is 1. The molecule has 40 heavy (non-hydrogen) atoms. The first-order chi connectivity index (χ1) is 19.3. The Hall–Kier alpha value is -4.54. The lowest BCUT2D eigenvalue weighted by atomic mass is 10.0. The number of oxime groups is 1. The number of thiazole rings is 1. The number of nitrogens with two attached hydrogens (primary N) is 1. The molecule has 0 bridgehead atoms. The monoisotopic (exact) mass is 602 g/mol. The molecule has 16 nitrogen and oxygen atoms in total. The summed E-state index contributed by atoms with van der Waals surface area (Å²) < 4.78 is 7.61. The zero-order valence-corrected chi connectivity index (χ0v) is 22.6. The summed E-state index contributed by atoms with van der Waals surface area (Å²) in [6, 6.07) is 0.628. The average Bonchev–Trinajstić information content (AvgIpc) is 3.65. The van der Waals surface area contributed by atoms with Crippen LogP contribution < -0.4 is 26.0 Å². The Kier molecular flexibility index (Phi) is 7.63. The minimum Gasteiger partial charge on any atom is -0.543 e. The summed E-state index contributed by atoms with van der Waals surface area (Å²) in [5.74, 6) is -2.26. The maximum Gasteiger partial charge on any atom is 0.282 e. The second-order valence-corrected chi connectivity index (χ2v) is 11.0. The van der Waals surface area contributed by atoms with E-state index in [0.29, 0.717) is 17.8 Å². The number of hydrogen-bond donors (Lipinski definition) is 3. The first-order valence-electron chi connectivity index (χ1n) is 11.3. The largest absolute Gasteiger partial charge is 0.543 e. The molecule has 5 rings (SSSR count). The van der Waals surface area contributed by atoms with Crippen molar-refractivity contribution in [2.24, 2.45) is 5.16 Å². The van der Waals surface area contributed by atoms with Crippen molar-refractivity contribution >= 4 is 74.5 Å². The van der Waals surface area contributed by atoms with E-state index in [0.717, 1.165) is 21.3 Å². The molecular weight excluding hydrogens is 584 g/mol. The highest BCUT2D eigenvalue weighted by atomic mass is 32.2. The predicted molar refractivity (Wildman–Crippen MR) is 138 cm³/mol. The SMILES string of the molecule is N#CCO/N=C(\C(=O)N[C@@H]1C(=O)N2C(C(=O)[O-])=C(C[n+]3cc4sccn4c3CNC=O)CS[C@H]12)c1nsc(N)n1. The average molecular weight is 603 g/mol. The predicted octanol–water partition coefficient (Wildman–Crippen LogP) is -2.68. The zero-order valence-electron chi connectivity index (χ0n) is 20.2. The number of rotatable bonds is 11. The number of nitrogen functional groups attached to an aromatic ring is 1. The Balaban J connectivity index is 1.37. The van der Waals surface area contributed by atoms with Gasteiger partial charge < -0.3 is 31.1 Å². The number of carbonyl (C=O) groups excluding carboxylic acids is 4. The summed E-state index contributed by atoms with van der Waals surface area (Å²) >= 11 is 3.55. The first kappa shape index (κ1) is 27.0. The van der Waals surface area contributed by atoms with Gasteiger partial charge in [0.1, 0.15) is 43.0 Å². The number of nitrogens with one attached hydrogen (secondary N) is 2. The fourth-order valence-corrected chi connectivity index (χ4v) is 6.81. The van der Waals surface area contributed by atoms with Crippen molar-refractivity contribution in [1.29, 1.82) is 5.26 Å². The van der Waals surface area contributed by atoms with Gasteiger partial charge in [0.25, 0.3) is 17.6 Å². The van der Waals surface area contributed by atoms with E-state index in [1.807, 2.05) is 26.7 Å². The number of aliphatic carboxylic acids is 1. The van der Waals surface area contributed by atoms with Crippen LogP contribution in [0.5, 0.6) is 0 Å². The van der Waals surface area contributed by atoms with Crippen LogP contribution in [-0.4, -0.2) is 72.3 Å². The number of hydrogen-bond acceptors (Lipinski definition) is 14. The number of β-lactam (4-membered cyclic amide) rings is 1. The molecule has 0 radical (unpaired) electrons. The first-order valence-corrected chi connectivity index (χ1v) is 14.0. The van der Waals surface area contributed by atoms with Gasteiger partial charge in [0.05, 0.1) is 11.7 Å². The van der Waals surface area contributed by atoms with Crippen molar-refractivity contribution in [3.05, 3.63) is 40.7 Å². The fourth-order valence-electron chi connectivity index (χ4n) is 4.25. The Morgan fingerprint density at radius 1 is 1.45 bits per heavy atom. The number of nitrogens with zero attached hydrogens (tertiary/aromatic N) is 7. The molecule has 2 aliphatic heterocycles. The molecule has 1 fully saturated rings. The molecule has 2 aliphatic rings. The highest BCUT2D eigenvalue weighted by Gasteiger charge is 2.53. The minimum atomic E-state index is -1.53. The highest BCUT2D eigenvalue weighted by Crippen LogP contribution is 2.40. The van der Waals surface area contributed by atoms with Crippen LogP contribution >= 0.6 is 34.6 Å². The van der Waals surface area contributed by atoms with Gasteiger partial charge in [-0.25, -0.2) is 4.57 Å². The molecule has 1 saturated heterocycles. The second-order valence-electron chi connectivity index (χ2n) is 8.21. The number of thioether (sulfide) groups is 1. The molecule has 0 aromatic carbocycles. The number of amides is 3. The fraction of sp³-hybridized carbons (Fsp3) is 0.286. The summed E-state index contributed by atoms with van der Waals surface area (Å²) in [5.41, 5.74) is 5.36. The van der Waals surface area contributed by atoms with E-state index in [2.05, 4.69) is 25.1 Å². The summed E-state index contributed by atoms with van der Waals surface area (Å²) in [6.45, 7) is -0.104. The number of carboxylic acids is 1. The second kappa shape index (κ2) is 11.3. The van der Waals surface area contributed by atoms with E-state index in [9.17, 15) is 24.3 Å². The third-order valence-corrected chi connectivity index (χ3v) is 8.58. The molecule has 19 heteroatoms. The van der Waals surface area contributed by atoms with E-state index >= 15 is 0 Å². The topological polar surface area (TPSA) is 224 Å². The summed E-state index contributed by atoms with van der Waals surface area (Å²) in [7, 11) is 0. The van der Waals surface area contributed by atoms with E-state index in [4.69, 9.17) is 15.8 Å². The van der Waals surface area contributed by atoms with E-state index in [-0.39, 0.29) is 35.5 Å². The molecule has 5 heterocycles. The lowest BCUT2D eigenvalue weighted by Crippen LogP contribution is -2.71. The molecule has 3 amide bonds. The van der Waals surface area contributed by atoms with Crippen LogP contribution in [0.15, 0.2) is 34.2 Å². The van der Waals surface area contributed by atoms with Crippen molar-refractivity contribution in [2.45, 2.75) is 24.5 Å². The zero-order chi connectivity index (χ0) is 28.4. The Morgan fingerprint density at radius 3 is 2.98 bits per heavy atom. The van der Waals surface area contributed by atoms with Crippen molar-refractivity contribution in [1.82, 2.24) is 29.3 Å². The Morgan fingerprint density at radius 2 is 2.27 bits per heavy atom. The Bertz CT molecular complexity index is 1620. The van der Waals surface area contributed by atoms with Gasteiger partial charge in [0.2, 0.25) is 29.4 Å².